The van der Waals surface area contributed by atoms with Gasteiger partial charge in [0.05, 0.1) is 0 Å². The molecule has 2 N–H and O–H groups in total. The van der Waals surface area contributed by atoms with Crippen molar-refractivity contribution in [1.29, 1.82) is 0 Å². The first-order chi connectivity index (χ1) is 6.97. The van der Waals surface area contributed by atoms with Crippen LogP contribution >= 0.6 is 0 Å². The van der Waals surface area contributed by atoms with Crippen molar-refractivity contribution < 1.29 is 19.7 Å². The number of methoxy groups -OCH3 is 1. The van der Waals surface area contributed by atoms with E-state index in [1.807, 2.05) is 13.8 Å². The van der Waals surface area contributed by atoms with Crippen molar-refractivity contribution in [3.8, 4) is 0 Å². The van der Waals surface area contributed by atoms with E-state index in [0.29, 0.717) is 6.54 Å². The van der Waals surface area contributed by atoms with Gasteiger partial charge in [-0.25, -0.2) is 4.79 Å². The topological polar surface area (TPSA) is 73.2 Å². The summed E-state index contributed by atoms with van der Waals surface area (Å²) in [5.74, 6) is 0. The van der Waals surface area contributed by atoms with Gasteiger partial charge in [0.2, 0.25) is 0 Å². The Morgan fingerprint density at radius 2 is 2.07 bits per heavy atom. The molecule has 2 amide bonds. The van der Waals surface area contributed by atoms with Crippen molar-refractivity contribution in [3.63, 3.8) is 0 Å². The highest BCUT2D eigenvalue weighted by atomic mass is 16.5. The van der Waals surface area contributed by atoms with E-state index >= 15 is 0 Å². The Balaban J connectivity index is 2.94. The van der Waals surface area contributed by atoms with Crippen LogP contribution in [0.25, 0.3) is 0 Å². The van der Waals surface area contributed by atoms with Gasteiger partial charge in [-0.15, -0.1) is 0 Å². The number of ether oxygens (including phenoxy) is 1. The predicted octanol–water partition coefficient (Wildman–Crippen LogP) is -0.378. The summed E-state index contributed by atoms with van der Waals surface area (Å²) in [7, 11) is 1.50. The van der Waals surface area contributed by atoms with Gasteiger partial charge in [-0.2, -0.15) is 0 Å². The Morgan fingerprint density at radius 3 is 2.47 bits per heavy atom. The first kappa shape index (κ1) is 12.2. The second kappa shape index (κ2) is 4.34. The second-order valence-electron chi connectivity index (χ2n) is 4.31. The number of hydrogen-bond donors (Lipinski definition) is 2. The second-order valence-corrected chi connectivity index (χ2v) is 4.31. The minimum atomic E-state index is -0.474. The van der Waals surface area contributed by atoms with Crippen molar-refractivity contribution in [2.24, 2.45) is 5.41 Å². The minimum Gasteiger partial charge on any atom is -0.376 e. The maximum absolute atomic E-state index is 11.7. The van der Waals surface area contributed by atoms with E-state index < -0.39 is 19.0 Å². The molecule has 1 fully saturated rings. The quantitative estimate of drug-likeness (QED) is 0.677. The molecule has 1 aliphatic rings. The molecule has 1 atom stereocenters. The number of nitrogens with zero attached hydrogens (tertiary/aromatic N) is 2. The lowest BCUT2D eigenvalue weighted by molar-refractivity contribution is -0.145. The first-order valence-electron chi connectivity index (χ1n) is 4.78. The molecule has 0 bridgehead atoms. The third-order valence-corrected chi connectivity index (χ3v) is 2.61. The molecule has 1 rings (SSSR count). The Morgan fingerprint density at radius 1 is 1.47 bits per heavy atom. The summed E-state index contributed by atoms with van der Waals surface area (Å²) in [4.78, 5) is 14.2. The fraction of sp³-hybridized carbons (Fsp3) is 0.889. The summed E-state index contributed by atoms with van der Waals surface area (Å²) in [5, 5.41) is 18.1. The molecule has 1 aliphatic heterocycles. The third-order valence-electron chi connectivity index (χ3n) is 2.61. The van der Waals surface area contributed by atoms with Crippen LogP contribution in [0.4, 0.5) is 4.79 Å². The van der Waals surface area contributed by atoms with Crippen molar-refractivity contribution >= 4 is 6.03 Å². The first-order valence-corrected chi connectivity index (χ1v) is 4.78. The van der Waals surface area contributed by atoms with Gasteiger partial charge < -0.3 is 19.8 Å². The molecule has 6 nitrogen and oxygen atoms in total. The Hall–Kier alpha value is -0.850. The number of urea groups is 1. The maximum atomic E-state index is 11.7. The zero-order valence-corrected chi connectivity index (χ0v) is 9.30. The molecule has 1 heterocycles. The summed E-state index contributed by atoms with van der Waals surface area (Å²) >= 11 is 0. The number of aliphatic hydroxyl groups is 2. The van der Waals surface area contributed by atoms with E-state index in [0.717, 1.165) is 0 Å². The average molecular weight is 218 g/mol. The zero-order chi connectivity index (χ0) is 11.6. The van der Waals surface area contributed by atoms with Gasteiger partial charge >= 0.3 is 6.03 Å². The molecular weight excluding hydrogens is 200 g/mol. The van der Waals surface area contributed by atoms with Crippen LogP contribution in [-0.2, 0) is 4.74 Å². The van der Waals surface area contributed by atoms with E-state index in [2.05, 4.69) is 0 Å². The molecule has 0 aromatic heterocycles. The van der Waals surface area contributed by atoms with Crippen LogP contribution in [-0.4, -0.2) is 59.4 Å². The highest BCUT2D eigenvalue weighted by Crippen LogP contribution is 2.31. The Kier molecular flexibility index (Phi) is 3.54. The van der Waals surface area contributed by atoms with E-state index in [1.54, 1.807) is 0 Å². The standard InChI is InChI=1S/C9H18N2O4/c1-9(2)4-10(5-12)8(14)11(6-13)7(9)15-3/h7,12-13H,4-6H2,1-3H3. The summed E-state index contributed by atoms with van der Waals surface area (Å²) in [6.45, 7) is 3.46. The van der Waals surface area contributed by atoms with Crippen molar-refractivity contribution in [1.82, 2.24) is 9.80 Å². The number of hydrogen-bond acceptors (Lipinski definition) is 4. The van der Waals surface area contributed by atoms with E-state index in [9.17, 15) is 4.79 Å². The normalized spacial score (nSPS) is 25.9. The van der Waals surface area contributed by atoms with E-state index in [4.69, 9.17) is 14.9 Å². The van der Waals surface area contributed by atoms with Gasteiger partial charge in [0, 0.05) is 19.1 Å². The number of carbonyl (C=O) groups excluding carboxylic acids is 1. The van der Waals surface area contributed by atoms with Crippen LogP contribution in [0.2, 0.25) is 0 Å². The number of amides is 2. The van der Waals surface area contributed by atoms with Crippen LogP contribution in [0.1, 0.15) is 13.8 Å². The lowest BCUT2D eigenvalue weighted by atomic mass is 9.88. The van der Waals surface area contributed by atoms with Gasteiger partial charge in [0.25, 0.3) is 0 Å². The Labute approximate surface area is 89.0 Å². The number of rotatable bonds is 3. The van der Waals surface area contributed by atoms with Gasteiger partial charge in [0.15, 0.2) is 0 Å². The molecule has 1 saturated heterocycles. The highest BCUT2D eigenvalue weighted by molar-refractivity contribution is 5.75. The molecule has 6 heteroatoms. The maximum Gasteiger partial charge on any atom is 0.325 e. The summed E-state index contributed by atoms with van der Waals surface area (Å²) < 4.78 is 5.21. The third kappa shape index (κ3) is 2.06. The Bertz CT molecular complexity index is 244. The average Bonchev–Trinajstić information content (AvgIpc) is 2.19. The van der Waals surface area contributed by atoms with E-state index in [1.165, 1.54) is 16.9 Å². The summed E-state index contributed by atoms with van der Waals surface area (Å²) in [6.07, 6.45) is -0.474. The van der Waals surface area contributed by atoms with Crippen molar-refractivity contribution in [2.45, 2.75) is 20.1 Å². The van der Waals surface area contributed by atoms with Crippen molar-refractivity contribution in [2.75, 3.05) is 27.1 Å². The summed E-state index contributed by atoms with van der Waals surface area (Å²) in [6, 6.07) is -0.411. The largest absolute Gasteiger partial charge is 0.376 e. The zero-order valence-electron chi connectivity index (χ0n) is 9.30. The molecule has 88 valence electrons. The van der Waals surface area contributed by atoms with Crippen LogP contribution in [0.15, 0.2) is 0 Å². The SMILES string of the molecule is COC1N(CO)C(=O)N(CO)CC1(C)C. The molecule has 0 aromatic carbocycles. The van der Waals surface area contributed by atoms with Crippen LogP contribution in [0.3, 0.4) is 0 Å². The number of carbonyl (C=O) groups is 1. The lowest BCUT2D eigenvalue weighted by Gasteiger charge is -2.48. The van der Waals surface area contributed by atoms with Crippen molar-refractivity contribution in [3.05, 3.63) is 0 Å². The molecule has 15 heavy (non-hydrogen) atoms. The monoisotopic (exact) mass is 218 g/mol. The van der Waals surface area contributed by atoms with Crippen LogP contribution in [0, 0.1) is 5.41 Å². The lowest BCUT2D eigenvalue weighted by Crippen LogP contribution is -2.63. The predicted molar refractivity (Wildman–Crippen MR) is 52.7 cm³/mol. The molecule has 0 aromatic rings. The molecule has 0 spiro atoms. The summed E-state index contributed by atoms with van der Waals surface area (Å²) in [5.41, 5.74) is -0.339. The van der Waals surface area contributed by atoms with Gasteiger partial charge in [0.1, 0.15) is 19.7 Å². The van der Waals surface area contributed by atoms with Gasteiger partial charge in [-0.05, 0) is 0 Å². The molecule has 1 unspecified atom stereocenters. The van der Waals surface area contributed by atoms with Gasteiger partial charge in [-0.1, -0.05) is 13.8 Å². The van der Waals surface area contributed by atoms with Crippen LogP contribution in [0.5, 0.6) is 0 Å². The highest BCUT2D eigenvalue weighted by Gasteiger charge is 2.44. The minimum absolute atomic E-state index is 0.339. The molecular formula is C9H18N2O4. The van der Waals surface area contributed by atoms with Gasteiger partial charge in [-0.3, -0.25) is 4.90 Å². The van der Waals surface area contributed by atoms with E-state index in [-0.39, 0.29) is 12.1 Å². The number of aliphatic hydroxyl groups excluding tert-OH is 2. The smallest absolute Gasteiger partial charge is 0.325 e. The fourth-order valence-corrected chi connectivity index (χ4v) is 2.03. The molecule has 0 aliphatic carbocycles. The van der Waals surface area contributed by atoms with Crippen LogP contribution < -0.4 is 0 Å². The molecule has 0 saturated carbocycles. The molecule has 0 radical (unpaired) electrons. The fourth-order valence-electron chi connectivity index (χ4n) is 2.03.